The number of benzene rings is 2. The summed E-state index contributed by atoms with van der Waals surface area (Å²) in [5, 5.41) is 2.87. The van der Waals surface area contributed by atoms with Gasteiger partial charge in [-0.25, -0.2) is 4.79 Å². The van der Waals surface area contributed by atoms with Crippen molar-refractivity contribution in [2.45, 2.75) is 6.61 Å². The SMILES string of the molecule is COCc1c(C(=O)OCC(=O)NC(=O)c2ccccc2OC)oc2ccccc12. The molecule has 0 bridgehead atoms. The molecule has 0 saturated carbocycles. The molecule has 3 rings (SSSR count). The van der Waals surface area contributed by atoms with Crippen LogP contribution in [0.3, 0.4) is 0 Å². The molecule has 0 saturated heterocycles. The fraction of sp³-hybridized carbons (Fsp3) is 0.190. The minimum Gasteiger partial charge on any atom is -0.496 e. The number of imide groups is 1. The van der Waals surface area contributed by atoms with Crippen molar-refractivity contribution in [2.75, 3.05) is 20.8 Å². The van der Waals surface area contributed by atoms with E-state index in [1.54, 1.807) is 36.4 Å². The highest BCUT2D eigenvalue weighted by Gasteiger charge is 2.23. The molecule has 0 aliphatic heterocycles. The highest BCUT2D eigenvalue weighted by molar-refractivity contribution is 6.07. The van der Waals surface area contributed by atoms with E-state index in [-0.39, 0.29) is 17.9 Å². The molecule has 0 unspecified atom stereocenters. The number of hydrogen-bond donors (Lipinski definition) is 1. The molecule has 1 aromatic heterocycles. The van der Waals surface area contributed by atoms with E-state index in [0.717, 1.165) is 5.39 Å². The predicted octanol–water partition coefficient (Wildman–Crippen LogP) is 2.70. The van der Waals surface area contributed by atoms with E-state index in [1.807, 2.05) is 6.07 Å². The molecule has 2 amide bonds. The first-order valence-corrected chi connectivity index (χ1v) is 8.68. The predicted molar refractivity (Wildman–Crippen MR) is 103 cm³/mol. The minimum atomic E-state index is -0.826. The molecule has 0 atom stereocenters. The molecular formula is C21H19NO7. The number of methoxy groups -OCH3 is 2. The summed E-state index contributed by atoms with van der Waals surface area (Å²) >= 11 is 0. The van der Waals surface area contributed by atoms with Crippen LogP contribution < -0.4 is 10.1 Å². The molecule has 8 heteroatoms. The topological polar surface area (TPSA) is 104 Å². The standard InChI is InChI=1S/C21H19NO7/c1-26-11-15-13-7-3-6-10-17(13)29-19(15)21(25)28-12-18(23)22-20(24)14-8-4-5-9-16(14)27-2/h3-10H,11-12H2,1-2H3,(H,22,23,24). The summed E-state index contributed by atoms with van der Waals surface area (Å²) in [7, 11) is 2.91. The number of esters is 1. The maximum Gasteiger partial charge on any atom is 0.375 e. The Labute approximate surface area is 166 Å². The number of carbonyl (C=O) groups excluding carboxylic acids is 3. The molecule has 0 fully saturated rings. The summed E-state index contributed by atoms with van der Waals surface area (Å²) in [6.07, 6.45) is 0. The fourth-order valence-electron chi connectivity index (χ4n) is 2.81. The molecule has 8 nitrogen and oxygen atoms in total. The normalized spacial score (nSPS) is 10.6. The van der Waals surface area contributed by atoms with Crippen molar-refractivity contribution in [1.82, 2.24) is 5.32 Å². The molecule has 0 aliphatic carbocycles. The van der Waals surface area contributed by atoms with Crippen LogP contribution in [-0.2, 0) is 20.9 Å². The number of amides is 2. The summed E-state index contributed by atoms with van der Waals surface area (Å²) in [6.45, 7) is -0.511. The zero-order valence-corrected chi connectivity index (χ0v) is 15.9. The van der Waals surface area contributed by atoms with Crippen LogP contribution in [0, 0.1) is 0 Å². The summed E-state index contributed by atoms with van der Waals surface area (Å²) in [6, 6.07) is 13.5. The summed E-state index contributed by atoms with van der Waals surface area (Å²) in [4.78, 5) is 36.7. The second-order valence-electron chi connectivity index (χ2n) is 5.99. The number of rotatable bonds is 7. The highest BCUT2D eigenvalue weighted by Crippen LogP contribution is 2.27. The van der Waals surface area contributed by atoms with Crippen molar-refractivity contribution >= 4 is 28.8 Å². The number of hydrogen-bond acceptors (Lipinski definition) is 7. The van der Waals surface area contributed by atoms with Crippen LogP contribution in [-0.4, -0.2) is 38.6 Å². The third-order valence-electron chi connectivity index (χ3n) is 4.11. The smallest absolute Gasteiger partial charge is 0.375 e. The molecular weight excluding hydrogens is 378 g/mol. The molecule has 0 aliphatic rings. The van der Waals surface area contributed by atoms with E-state index in [9.17, 15) is 14.4 Å². The third kappa shape index (κ3) is 4.44. The Kier molecular flexibility index (Phi) is 6.25. The second kappa shape index (κ2) is 9.03. The van der Waals surface area contributed by atoms with Crippen LogP contribution in [0.1, 0.15) is 26.5 Å². The number of nitrogens with one attached hydrogen (secondary N) is 1. The van der Waals surface area contributed by atoms with E-state index in [4.69, 9.17) is 18.6 Å². The van der Waals surface area contributed by atoms with Crippen molar-refractivity contribution in [3.63, 3.8) is 0 Å². The first-order valence-electron chi connectivity index (χ1n) is 8.68. The second-order valence-corrected chi connectivity index (χ2v) is 5.99. The van der Waals surface area contributed by atoms with Crippen LogP contribution >= 0.6 is 0 Å². The molecule has 3 aromatic rings. The first-order chi connectivity index (χ1) is 14.0. The number of ether oxygens (including phenoxy) is 3. The van der Waals surface area contributed by atoms with Gasteiger partial charge < -0.3 is 18.6 Å². The zero-order valence-electron chi connectivity index (χ0n) is 15.9. The van der Waals surface area contributed by atoms with Gasteiger partial charge in [-0.05, 0) is 18.2 Å². The lowest BCUT2D eigenvalue weighted by atomic mass is 10.1. The molecule has 1 heterocycles. The zero-order chi connectivity index (χ0) is 20.8. The lowest BCUT2D eigenvalue weighted by Gasteiger charge is -2.08. The number of carbonyl (C=O) groups is 3. The van der Waals surface area contributed by atoms with Crippen LogP contribution in [0.15, 0.2) is 52.9 Å². The van der Waals surface area contributed by atoms with Gasteiger partial charge in [0.25, 0.3) is 11.8 Å². The quantitative estimate of drug-likeness (QED) is 0.611. The van der Waals surface area contributed by atoms with Crippen molar-refractivity contribution in [2.24, 2.45) is 0 Å². The number of para-hydroxylation sites is 2. The van der Waals surface area contributed by atoms with Gasteiger partial charge in [-0.2, -0.15) is 0 Å². The monoisotopic (exact) mass is 397 g/mol. The summed E-state index contributed by atoms with van der Waals surface area (Å²) < 4.78 is 20.8. The maximum absolute atomic E-state index is 12.4. The Morgan fingerprint density at radius 3 is 2.48 bits per heavy atom. The Morgan fingerprint density at radius 1 is 1.00 bits per heavy atom. The molecule has 2 aromatic carbocycles. The Morgan fingerprint density at radius 2 is 1.72 bits per heavy atom. The van der Waals surface area contributed by atoms with Gasteiger partial charge in [0.05, 0.1) is 19.3 Å². The van der Waals surface area contributed by atoms with Crippen molar-refractivity contribution < 1.29 is 33.0 Å². The van der Waals surface area contributed by atoms with Gasteiger partial charge in [0, 0.05) is 18.1 Å². The van der Waals surface area contributed by atoms with E-state index in [2.05, 4.69) is 5.32 Å². The van der Waals surface area contributed by atoms with Gasteiger partial charge in [0.2, 0.25) is 5.76 Å². The lowest BCUT2D eigenvalue weighted by molar-refractivity contribution is -0.123. The lowest BCUT2D eigenvalue weighted by Crippen LogP contribution is -2.34. The Balaban J connectivity index is 1.66. The van der Waals surface area contributed by atoms with Crippen LogP contribution in [0.2, 0.25) is 0 Å². The molecule has 0 spiro atoms. The van der Waals surface area contributed by atoms with Crippen molar-refractivity contribution in [1.29, 1.82) is 0 Å². The fourth-order valence-corrected chi connectivity index (χ4v) is 2.81. The summed E-state index contributed by atoms with van der Waals surface area (Å²) in [5.41, 5.74) is 1.22. The van der Waals surface area contributed by atoms with Gasteiger partial charge >= 0.3 is 5.97 Å². The van der Waals surface area contributed by atoms with Crippen LogP contribution in [0.25, 0.3) is 11.0 Å². The van der Waals surface area contributed by atoms with E-state index in [0.29, 0.717) is 16.9 Å². The molecule has 0 radical (unpaired) electrons. The molecule has 1 N–H and O–H groups in total. The maximum atomic E-state index is 12.4. The van der Waals surface area contributed by atoms with Gasteiger partial charge in [-0.3, -0.25) is 14.9 Å². The Bertz CT molecular complexity index is 1050. The van der Waals surface area contributed by atoms with E-state index >= 15 is 0 Å². The van der Waals surface area contributed by atoms with E-state index in [1.165, 1.54) is 20.3 Å². The van der Waals surface area contributed by atoms with Gasteiger partial charge in [-0.15, -0.1) is 0 Å². The summed E-state index contributed by atoms with van der Waals surface area (Å²) in [5.74, 6) is -1.99. The van der Waals surface area contributed by atoms with Gasteiger partial charge in [0.1, 0.15) is 11.3 Å². The average Bonchev–Trinajstić information content (AvgIpc) is 3.11. The average molecular weight is 397 g/mol. The number of fused-ring (bicyclic) bond motifs is 1. The molecule has 29 heavy (non-hydrogen) atoms. The van der Waals surface area contributed by atoms with Gasteiger partial charge in [0.15, 0.2) is 6.61 Å². The third-order valence-corrected chi connectivity index (χ3v) is 4.11. The van der Waals surface area contributed by atoms with Crippen LogP contribution in [0.5, 0.6) is 5.75 Å². The van der Waals surface area contributed by atoms with Crippen LogP contribution in [0.4, 0.5) is 0 Å². The number of furan rings is 1. The Hall–Kier alpha value is -3.65. The first kappa shape index (κ1) is 20.1. The highest BCUT2D eigenvalue weighted by atomic mass is 16.5. The largest absolute Gasteiger partial charge is 0.496 e. The van der Waals surface area contributed by atoms with Crippen molar-refractivity contribution in [3.05, 3.63) is 65.4 Å². The molecule has 150 valence electrons. The van der Waals surface area contributed by atoms with Gasteiger partial charge in [-0.1, -0.05) is 30.3 Å². The minimum absolute atomic E-state index is 0.0445. The van der Waals surface area contributed by atoms with E-state index < -0.39 is 24.4 Å². The van der Waals surface area contributed by atoms with Crippen molar-refractivity contribution in [3.8, 4) is 5.75 Å².